The molecule has 5 rings (SSSR count). The fourth-order valence-electron chi connectivity index (χ4n) is 5.36. The van der Waals surface area contributed by atoms with Crippen molar-refractivity contribution in [1.29, 1.82) is 0 Å². The van der Waals surface area contributed by atoms with Gasteiger partial charge in [-0.15, -0.1) is 6.58 Å². The van der Waals surface area contributed by atoms with Crippen LogP contribution in [0.15, 0.2) is 60.9 Å². The van der Waals surface area contributed by atoms with E-state index in [-0.39, 0.29) is 35.2 Å². The van der Waals surface area contributed by atoms with Crippen molar-refractivity contribution in [3.05, 3.63) is 66.5 Å². The molecule has 3 aliphatic rings. The molecule has 0 amide bonds. The van der Waals surface area contributed by atoms with E-state index in [4.69, 9.17) is 23.7 Å². The summed E-state index contributed by atoms with van der Waals surface area (Å²) in [6.45, 7) is 3.27. The SMILES string of the molecule is C=C[C@H]1[C@H](O[C@@H]2O[C@H](CO)[C@@H](O)[C@H](O)[C@H]2OC(=O)c2c(O)cc(O)cc2-c2cccc(O)c2)OC=C2C(=O)OCC[C@@H]21. The van der Waals surface area contributed by atoms with E-state index in [2.05, 4.69) is 6.58 Å². The van der Waals surface area contributed by atoms with Gasteiger partial charge in [-0.25, -0.2) is 9.59 Å². The van der Waals surface area contributed by atoms with Crippen LogP contribution in [0.3, 0.4) is 0 Å². The molecule has 0 saturated carbocycles. The van der Waals surface area contributed by atoms with Crippen LogP contribution >= 0.6 is 0 Å². The van der Waals surface area contributed by atoms with Crippen LogP contribution in [-0.2, 0) is 28.5 Å². The summed E-state index contributed by atoms with van der Waals surface area (Å²) in [7, 11) is 0. The highest BCUT2D eigenvalue weighted by molar-refractivity contribution is 6.00. The van der Waals surface area contributed by atoms with Crippen LogP contribution in [-0.4, -0.2) is 92.8 Å². The van der Waals surface area contributed by atoms with Crippen molar-refractivity contribution in [2.24, 2.45) is 11.8 Å². The molecule has 13 nitrogen and oxygen atoms in total. The van der Waals surface area contributed by atoms with Crippen LogP contribution in [0.5, 0.6) is 17.2 Å². The molecule has 0 spiro atoms. The Kier molecular flexibility index (Phi) is 8.38. The molecule has 224 valence electrons. The first-order chi connectivity index (χ1) is 20.1. The Bertz CT molecular complexity index is 1390. The number of fused-ring (bicyclic) bond motifs is 1. The van der Waals surface area contributed by atoms with E-state index in [0.29, 0.717) is 12.0 Å². The lowest BCUT2D eigenvalue weighted by Gasteiger charge is -2.44. The molecule has 2 aromatic rings. The number of phenols is 3. The Morgan fingerprint density at radius 2 is 1.86 bits per heavy atom. The number of aliphatic hydroxyl groups is 3. The van der Waals surface area contributed by atoms with Crippen molar-refractivity contribution in [1.82, 2.24) is 0 Å². The van der Waals surface area contributed by atoms with E-state index in [1.807, 2.05) is 0 Å². The van der Waals surface area contributed by atoms with Gasteiger partial charge >= 0.3 is 11.9 Å². The lowest BCUT2D eigenvalue weighted by molar-refractivity contribution is -0.338. The van der Waals surface area contributed by atoms with Gasteiger partial charge in [0.2, 0.25) is 12.6 Å². The van der Waals surface area contributed by atoms with Crippen molar-refractivity contribution < 1.29 is 63.9 Å². The third kappa shape index (κ3) is 5.52. The number of hydrogen-bond donors (Lipinski definition) is 6. The molecule has 0 aliphatic carbocycles. The maximum atomic E-state index is 13.5. The Morgan fingerprint density at radius 1 is 1.07 bits per heavy atom. The summed E-state index contributed by atoms with van der Waals surface area (Å²) in [5.74, 6) is -3.88. The average molecular weight is 587 g/mol. The predicted molar refractivity (Wildman–Crippen MR) is 141 cm³/mol. The van der Waals surface area contributed by atoms with Crippen molar-refractivity contribution in [2.45, 2.75) is 43.4 Å². The van der Waals surface area contributed by atoms with Crippen molar-refractivity contribution in [3.63, 3.8) is 0 Å². The Labute approximate surface area is 239 Å². The van der Waals surface area contributed by atoms with Gasteiger partial charge < -0.3 is 54.3 Å². The van der Waals surface area contributed by atoms with Gasteiger partial charge in [-0.1, -0.05) is 18.2 Å². The van der Waals surface area contributed by atoms with Crippen molar-refractivity contribution >= 4 is 11.9 Å². The summed E-state index contributed by atoms with van der Waals surface area (Å²) in [5, 5.41) is 61.9. The molecule has 0 aromatic heterocycles. The normalized spacial score (nSPS) is 30.7. The first kappa shape index (κ1) is 29.4. The Morgan fingerprint density at radius 3 is 2.57 bits per heavy atom. The number of ether oxygens (including phenoxy) is 5. The second-order valence-electron chi connectivity index (χ2n) is 10.1. The van der Waals surface area contributed by atoms with Crippen LogP contribution < -0.4 is 0 Å². The molecule has 2 saturated heterocycles. The maximum Gasteiger partial charge on any atom is 0.343 e. The molecule has 0 bridgehead atoms. The number of carbonyl (C=O) groups is 2. The summed E-state index contributed by atoms with van der Waals surface area (Å²) in [5.41, 5.74) is 0.119. The molecule has 0 radical (unpaired) electrons. The number of cyclic esters (lactones) is 1. The topological polar surface area (TPSA) is 202 Å². The summed E-state index contributed by atoms with van der Waals surface area (Å²) in [6, 6.07) is 7.77. The largest absolute Gasteiger partial charge is 0.508 e. The first-order valence-electron chi connectivity index (χ1n) is 13.1. The zero-order valence-electron chi connectivity index (χ0n) is 22.1. The van der Waals surface area contributed by atoms with E-state index < -0.39 is 72.8 Å². The number of aromatic hydroxyl groups is 3. The van der Waals surface area contributed by atoms with Gasteiger partial charge in [-0.3, -0.25) is 0 Å². The minimum atomic E-state index is -1.82. The average Bonchev–Trinajstić information content (AvgIpc) is 2.96. The Hall–Kier alpha value is -4.14. The van der Waals surface area contributed by atoms with Crippen LogP contribution in [0.1, 0.15) is 16.8 Å². The van der Waals surface area contributed by atoms with Crippen LogP contribution in [0, 0.1) is 11.8 Å². The molecule has 3 aliphatic heterocycles. The highest BCUT2D eigenvalue weighted by Crippen LogP contribution is 2.40. The third-order valence-electron chi connectivity index (χ3n) is 7.48. The fourth-order valence-corrected chi connectivity index (χ4v) is 5.36. The number of benzene rings is 2. The van der Waals surface area contributed by atoms with Crippen LogP contribution in [0.4, 0.5) is 0 Å². The summed E-state index contributed by atoms with van der Waals surface area (Å²) < 4.78 is 27.9. The standard InChI is InChI=1S/C29H30O13/c1-2-16-17-6-7-38-26(36)19(17)12-39-28(16)42-29-25(24(35)23(34)21(11-30)40-29)41-27(37)22-18(9-15(32)10-20(22)33)13-4-3-5-14(31)8-13/h2-5,8-10,12,16-17,21,23-25,28-35H,1,6-7,11H2/t16-,17-,21-,23-,24+,25-,28+,29+/m1/s1. The lowest BCUT2D eigenvalue weighted by atomic mass is 9.81. The molecule has 2 aromatic carbocycles. The molecule has 6 N–H and O–H groups in total. The van der Waals surface area contributed by atoms with Gasteiger partial charge in [-0.2, -0.15) is 0 Å². The van der Waals surface area contributed by atoms with E-state index >= 15 is 0 Å². The first-order valence-corrected chi connectivity index (χ1v) is 13.1. The molecule has 8 atom stereocenters. The van der Waals surface area contributed by atoms with E-state index in [9.17, 15) is 40.2 Å². The molecule has 13 heteroatoms. The zero-order valence-corrected chi connectivity index (χ0v) is 22.1. The van der Waals surface area contributed by atoms with Crippen LogP contribution in [0.2, 0.25) is 0 Å². The van der Waals surface area contributed by atoms with Crippen LogP contribution in [0.25, 0.3) is 11.1 Å². The minimum absolute atomic E-state index is 0.00458. The van der Waals surface area contributed by atoms with Gasteiger partial charge in [0.25, 0.3) is 0 Å². The quantitative estimate of drug-likeness (QED) is 0.199. The molecular formula is C29H30O13. The van der Waals surface area contributed by atoms with Gasteiger partial charge in [0.05, 0.1) is 25.0 Å². The number of rotatable bonds is 7. The number of carbonyl (C=O) groups excluding carboxylic acids is 2. The third-order valence-corrected chi connectivity index (χ3v) is 7.48. The monoisotopic (exact) mass is 586 g/mol. The van der Waals surface area contributed by atoms with Gasteiger partial charge in [0.1, 0.15) is 41.1 Å². The second-order valence-corrected chi connectivity index (χ2v) is 10.1. The Balaban J connectivity index is 1.46. The van der Waals surface area contributed by atoms with Gasteiger partial charge in [0.15, 0.2) is 6.10 Å². The fraction of sp³-hybridized carbons (Fsp3) is 0.379. The van der Waals surface area contributed by atoms with Crippen molar-refractivity contribution in [2.75, 3.05) is 13.2 Å². The minimum Gasteiger partial charge on any atom is -0.508 e. The van der Waals surface area contributed by atoms with E-state index in [1.165, 1.54) is 42.7 Å². The number of hydrogen-bond acceptors (Lipinski definition) is 13. The van der Waals surface area contributed by atoms with E-state index in [1.54, 1.807) is 0 Å². The molecule has 42 heavy (non-hydrogen) atoms. The van der Waals surface area contributed by atoms with Crippen molar-refractivity contribution in [3.8, 4) is 28.4 Å². The molecule has 0 unspecified atom stereocenters. The highest BCUT2D eigenvalue weighted by Gasteiger charge is 2.50. The smallest absolute Gasteiger partial charge is 0.343 e. The summed E-state index contributed by atoms with van der Waals surface area (Å²) in [4.78, 5) is 25.7. The predicted octanol–water partition coefficient (Wildman–Crippen LogP) is 1.06. The maximum absolute atomic E-state index is 13.5. The molecule has 3 heterocycles. The lowest BCUT2D eigenvalue weighted by Crippen LogP contribution is -2.61. The summed E-state index contributed by atoms with van der Waals surface area (Å²) >= 11 is 0. The zero-order chi connectivity index (χ0) is 30.1. The number of esters is 2. The number of aliphatic hydroxyl groups excluding tert-OH is 3. The summed E-state index contributed by atoms with van der Waals surface area (Å²) in [6.07, 6.45) is -6.13. The van der Waals surface area contributed by atoms with Gasteiger partial charge in [-0.05, 0) is 30.2 Å². The van der Waals surface area contributed by atoms with Gasteiger partial charge in [0, 0.05) is 23.5 Å². The molecule has 2 fully saturated rings. The second kappa shape index (κ2) is 12.0. The number of phenolic OH excluding ortho intramolecular Hbond substituents is 3. The highest BCUT2D eigenvalue weighted by atomic mass is 16.8. The molecular weight excluding hydrogens is 556 g/mol. The van der Waals surface area contributed by atoms with E-state index in [0.717, 1.165) is 6.07 Å².